The van der Waals surface area contributed by atoms with E-state index in [9.17, 15) is 18.3 Å². The maximum absolute atomic E-state index is 11.0. The Morgan fingerprint density at radius 1 is 1.29 bits per heavy atom. The summed E-state index contributed by atoms with van der Waals surface area (Å²) < 4.78 is 28.2. The number of aldehydes is 1. The summed E-state index contributed by atoms with van der Waals surface area (Å²) in [5, 5.41) is 9.68. The molecule has 0 aliphatic heterocycles. The summed E-state index contributed by atoms with van der Waals surface area (Å²) >= 11 is 1.13. The van der Waals surface area contributed by atoms with Gasteiger partial charge in [0.2, 0.25) is 0 Å². The Labute approximate surface area is 135 Å². The minimum absolute atomic E-state index is 0. The predicted octanol–water partition coefficient (Wildman–Crippen LogP) is 0.290. The van der Waals surface area contributed by atoms with Gasteiger partial charge in [0.05, 0.1) is 5.92 Å². The molecule has 5 nitrogen and oxygen atoms in total. The first-order valence-electron chi connectivity index (χ1n) is 4.19. The van der Waals surface area contributed by atoms with Crippen molar-refractivity contribution in [3.63, 3.8) is 0 Å². The monoisotopic (exact) mass is 380 g/mol. The van der Waals surface area contributed by atoms with Crippen LogP contribution in [-0.2, 0) is 14.9 Å². The number of halogens is 1. The molecule has 8 heteroatoms. The predicted molar refractivity (Wildman–Crippen MR) is 72.9 cm³/mol. The molecule has 0 heterocycles. The molecule has 1 aromatic rings. The fourth-order valence-electron chi connectivity index (χ4n) is 1.19. The molecule has 0 amide bonds. The summed E-state index contributed by atoms with van der Waals surface area (Å²) in [5.74, 6) is -1.34. The van der Waals surface area contributed by atoms with E-state index in [1.807, 2.05) is 0 Å². The molecule has 2 atom stereocenters. The fourth-order valence-corrected chi connectivity index (χ4v) is 2.21. The average molecular weight is 380 g/mol. The van der Waals surface area contributed by atoms with Gasteiger partial charge in [-0.3, -0.25) is 4.55 Å². The molecular formula is C9H10INaO5S. The van der Waals surface area contributed by atoms with Gasteiger partial charge in [-0.25, -0.2) is 0 Å². The molecular weight excluding hydrogens is 370 g/mol. The van der Waals surface area contributed by atoms with Gasteiger partial charge in [-0.05, 0) is 28.2 Å². The van der Waals surface area contributed by atoms with Crippen molar-refractivity contribution in [3.05, 3.63) is 35.9 Å². The van der Waals surface area contributed by atoms with E-state index in [1.165, 1.54) is 12.1 Å². The third-order valence-electron chi connectivity index (χ3n) is 2.04. The van der Waals surface area contributed by atoms with Crippen LogP contribution >= 0.6 is 22.6 Å². The zero-order valence-electron chi connectivity index (χ0n) is 7.95. The van der Waals surface area contributed by atoms with Crippen molar-refractivity contribution < 1.29 is 22.9 Å². The van der Waals surface area contributed by atoms with Crippen LogP contribution in [0.25, 0.3) is 0 Å². The van der Waals surface area contributed by atoms with Crippen LogP contribution in [0.5, 0.6) is 0 Å². The van der Waals surface area contributed by atoms with Gasteiger partial charge < -0.3 is 9.90 Å². The number of aliphatic hydroxyl groups is 1. The summed E-state index contributed by atoms with van der Waals surface area (Å²) in [7, 11) is -4.75. The van der Waals surface area contributed by atoms with Crippen LogP contribution < -0.4 is 0 Å². The molecule has 0 saturated heterocycles. The number of benzene rings is 1. The van der Waals surface area contributed by atoms with E-state index in [0.717, 1.165) is 22.6 Å². The zero-order chi connectivity index (χ0) is 12.4. The van der Waals surface area contributed by atoms with Gasteiger partial charge in [0.15, 0.2) is 0 Å². The SMILES string of the molecule is O=CC(c1ccccc1)C(O)(I)S(=O)(=O)O.[NaH]. The van der Waals surface area contributed by atoms with Crippen LogP contribution in [0.3, 0.4) is 0 Å². The first kappa shape index (κ1) is 17.5. The Morgan fingerprint density at radius 3 is 2.12 bits per heavy atom. The maximum atomic E-state index is 11.0. The summed E-state index contributed by atoms with van der Waals surface area (Å²) in [6, 6.07) is 7.87. The van der Waals surface area contributed by atoms with Gasteiger partial charge in [-0.2, -0.15) is 8.42 Å². The first-order valence-corrected chi connectivity index (χ1v) is 6.71. The van der Waals surface area contributed by atoms with Gasteiger partial charge in [0.1, 0.15) is 6.29 Å². The van der Waals surface area contributed by atoms with Gasteiger partial charge >= 0.3 is 39.7 Å². The average Bonchev–Trinajstić information content (AvgIpc) is 2.18. The summed E-state index contributed by atoms with van der Waals surface area (Å²) in [6.07, 6.45) is 0.287. The van der Waals surface area contributed by atoms with Crippen molar-refractivity contribution in [2.75, 3.05) is 0 Å². The third kappa shape index (κ3) is 3.98. The van der Waals surface area contributed by atoms with Crippen molar-refractivity contribution in [1.29, 1.82) is 0 Å². The van der Waals surface area contributed by atoms with E-state index >= 15 is 0 Å². The van der Waals surface area contributed by atoms with Crippen LogP contribution in [0.1, 0.15) is 11.5 Å². The molecule has 0 radical (unpaired) electrons. The molecule has 1 rings (SSSR count). The Kier molecular flexibility index (Phi) is 6.79. The molecule has 0 fully saturated rings. The number of carbonyl (C=O) groups excluding carboxylic acids is 1. The van der Waals surface area contributed by atoms with Crippen molar-refractivity contribution >= 4 is 68.6 Å². The molecule has 17 heavy (non-hydrogen) atoms. The molecule has 90 valence electrons. The van der Waals surface area contributed by atoms with Crippen LogP contribution in [0, 0.1) is 0 Å². The van der Waals surface area contributed by atoms with Crippen LogP contribution in [0.2, 0.25) is 0 Å². The normalized spacial score (nSPS) is 16.4. The van der Waals surface area contributed by atoms with E-state index in [1.54, 1.807) is 18.2 Å². The number of alkyl halides is 1. The fraction of sp³-hybridized carbons (Fsp3) is 0.222. The summed E-state index contributed by atoms with van der Waals surface area (Å²) in [4.78, 5) is 10.9. The van der Waals surface area contributed by atoms with Gasteiger partial charge in [-0.15, -0.1) is 0 Å². The van der Waals surface area contributed by atoms with Crippen molar-refractivity contribution in [3.8, 4) is 0 Å². The van der Waals surface area contributed by atoms with E-state index < -0.39 is 19.0 Å². The third-order valence-corrected chi connectivity index (χ3v) is 5.36. The van der Waals surface area contributed by atoms with Crippen LogP contribution in [0.15, 0.2) is 30.3 Å². The molecule has 0 aliphatic rings. The zero-order valence-corrected chi connectivity index (χ0v) is 10.9. The molecule has 0 aliphatic carbocycles. The van der Waals surface area contributed by atoms with Gasteiger partial charge in [0.25, 0.3) is 2.94 Å². The molecule has 0 aromatic heterocycles. The van der Waals surface area contributed by atoms with Crippen molar-refractivity contribution in [1.82, 2.24) is 0 Å². The Morgan fingerprint density at radius 2 is 1.76 bits per heavy atom. The Hall–Kier alpha value is 0.490. The van der Waals surface area contributed by atoms with Gasteiger partial charge in [-0.1, -0.05) is 30.3 Å². The van der Waals surface area contributed by atoms with E-state index in [4.69, 9.17) is 4.55 Å². The van der Waals surface area contributed by atoms with Crippen molar-refractivity contribution in [2.45, 2.75) is 8.86 Å². The van der Waals surface area contributed by atoms with Crippen LogP contribution in [0.4, 0.5) is 0 Å². The molecule has 2 unspecified atom stereocenters. The first-order chi connectivity index (χ1) is 7.30. The Bertz CT molecular complexity index is 473. The summed E-state index contributed by atoms with van der Waals surface area (Å²) in [5.41, 5.74) is 0.312. The second kappa shape index (κ2) is 6.60. The number of rotatable bonds is 4. The molecule has 1 aromatic carbocycles. The number of carbonyl (C=O) groups is 1. The quantitative estimate of drug-likeness (QED) is 0.258. The van der Waals surface area contributed by atoms with E-state index in [2.05, 4.69) is 0 Å². The Balaban J connectivity index is 0.00000256. The van der Waals surface area contributed by atoms with Crippen molar-refractivity contribution in [2.24, 2.45) is 0 Å². The number of hydrogen-bond donors (Lipinski definition) is 2. The molecule has 0 bridgehead atoms. The van der Waals surface area contributed by atoms with Crippen LogP contribution in [-0.4, -0.2) is 56.9 Å². The molecule has 2 N–H and O–H groups in total. The summed E-state index contributed by atoms with van der Waals surface area (Å²) in [6.45, 7) is 0. The van der Waals surface area contributed by atoms with Gasteiger partial charge in [0, 0.05) is 0 Å². The second-order valence-electron chi connectivity index (χ2n) is 3.11. The molecule has 0 spiro atoms. The van der Waals surface area contributed by atoms with E-state index in [0.29, 0.717) is 5.56 Å². The standard InChI is InChI=1S/C9H9IO5S.Na.H/c10-9(12,16(13,14)15)8(6-11)7-4-2-1-3-5-7;;/h1-6,8,12H,(H,13,14,15);;. The van der Waals surface area contributed by atoms with E-state index in [-0.39, 0.29) is 35.8 Å². The minimum atomic E-state index is -4.75. The topological polar surface area (TPSA) is 91.7 Å². The molecule has 0 saturated carbocycles. The second-order valence-corrected chi connectivity index (χ2v) is 7.06. The number of hydrogen-bond acceptors (Lipinski definition) is 4.